The number of halogens is 2. The lowest BCUT2D eigenvalue weighted by Gasteiger charge is -2.30. The molecule has 2 amide bonds. The van der Waals surface area contributed by atoms with Crippen LogP contribution in [0, 0.1) is 5.82 Å². The zero-order chi connectivity index (χ0) is 20.5. The van der Waals surface area contributed by atoms with Crippen LogP contribution in [0.5, 0.6) is 0 Å². The molecular formula is C21H24ClFN2O2S. The molecule has 0 aromatic heterocycles. The molecule has 2 aromatic carbocycles. The van der Waals surface area contributed by atoms with Crippen molar-refractivity contribution in [2.75, 3.05) is 12.8 Å². The van der Waals surface area contributed by atoms with E-state index in [-0.39, 0.29) is 29.9 Å². The van der Waals surface area contributed by atoms with E-state index in [4.69, 9.17) is 11.6 Å². The van der Waals surface area contributed by atoms with Crippen LogP contribution in [-0.4, -0.2) is 35.6 Å². The van der Waals surface area contributed by atoms with E-state index in [1.807, 2.05) is 25.1 Å². The molecule has 2 aromatic rings. The number of nitrogens with zero attached hydrogens (tertiary/aromatic N) is 1. The van der Waals surface area contributed by atoms with E-state index >= 15 is 0 Å². The van der Waals surface area contributed by atoms with E-state index in [0.717, 1.165) is 11.1 Å². The Labute approximate surface area is 174 Å². The zero-order valence-electron chi connectivity index (χ0n) is 16.0. The summed E-state index contributed by atoms with van der Waals surface area (Å²) >= 11 is 7.69. The molecule has 0 aliphatic heterocycles. The maximum Gasteiger partial charge on any atom is 0.242 e. The standard InChI is InChI=1S/C21H24ClFN2O2S/c1-3-19(21(27)24-2)25(12-16-6-4-5-7-18(16)22)20(26)14-28-13-15-8-10-17(23)11-9-15/h4-11,19H,3,12-14H2,1-2H3,(H,24,27)/t19-/m1/s1. The van der Waals surface area contributed by atoms with Crippen LogP contribution >= 0.6 is 23.4 Å². The van der Waals surface area contributed by atoms with Crippen LogP contribution in [0.2, 0.25) is 5.02 Å². The van der Waals surface area contributed by atoms with Gasteiger partial charge in [-0.05, 0) is 35.7 Å². The lowest BCUT2D eigenvalue weighted by molar-refractivity contribution is -0.139. The van der Waals surface area contributed by atoms with E-state index in [0.29, 0.717) is 17.2 Å². The molecule has 7 heteroatoms. The molecule has 0 saturated carbocycles. The Hall–Kier alpha value is -2.05. The number of hydrogen-bond acceptors (Lipinski definition) is 3. The summed E-state index contributed by atoms with van der Waals surface area (Å²) in [5, 5.41) is 3.19. The summed E-state index contributed by atoms with van der Waals surface area (Å²) in [7, 11) is 1.56. The van der Waals surface area contributed by atoms with Crippen molar-refractivity contribution in [2.24, 2.45) is 0 Å². The smallest absolute Gasteiger partial charge is 0.242 e. The lowest BCUT2D eigenvalue weighted by Crippen LogP contribution is -2.48. The van der Waals surface area contributed by atoms with Crippen LogP contribution < -0.4 is 5.32 Å². The molecule has 1 N–H and O–H groups in total. The van der Waals surface area contributed by atoms with Crippen LogP contribution in [-0.2, 0) is 21.9 Å². The highest BCUT2D eigenvalue weighted by atomic mass is 35.5. The van der Waals surface area contributed by atoms with Gasteiger partial charge in [0.05, 0.1) is 5.75 Å². The van der Waals surface area contributed by atoms with E-state index in [9.17, 15) is 14.0 Å². The highest BCUT2D eigenvalue weighted by Gasteiger charge is 2.28. The average molecular weight is 423 g/mol. The Morgan fingerprint density at radius 1 is 1.18 bits per heavy atom. The first kappa shape index (κ1) is 22.2. The van der Waals surface area contributed by atoms with E-state index in [1.165, 1.54) is 23.9 Å². The van der Waals surface area contributed by atoms with Crippen molar-refractivity contribution in [1.82, 2.24) is 10.2 Å². The van der Waals surface area contributed by atoms with Gasteiger partial charge in [-0.3, -0.25) is 9.59 Å². The first-order valence-corrected chi connectivity index (χ1v) is 10.6. The van der Waals surface area contributed by atoms with Crippen molar-refractivity contribution in [2.45, 2.75) is 31.7 Å². The Bertz CT molecular complexity index is 801. The predicted molar refractivity (Wildman–Crippen MR) is 113 cm³/mol. The fourth-order valence-electron chi connectivity index (χ4n) is 2.82. The second kappa shape index (κ2) is 11.1. The van der Waals surface area contributed by atoms with Crippen molar-refractivity contribution < 1.29 is 14.0 Å². The van der Waals surface area contributed by atoms with Gasteiger partial charge in [-0.1, -0.05) is 48.9 Å². The monoisotopic (exact) mass is 422 g/mol. The fraction of sp³-hybridized carbons (Fsp3) is 0.333. The van der Waals surface area contributed by atoms with Crippen molar-refractivity contribution in [3.63, 3.8) is 0 Å². The van der Waals surface area contributed by atoms with Gasteiger partial charge in [-0.25, -0.2) is 4.39 Å². The molecule has 0 aliphatic rings. The SMILES string of the molecule is CC[C@H](C(=O)NC)N(Cc1ccccc1Cl)C(=O)CSCc1ccc(F)cc1. The number of likely N-dealkylation sites (N-methyl/N-ethyl adjacent to an activating group) is 1. The lowest BCUT2D eigenvalue weighted by atomic mass is 10.1. The second-order valence-corrected chi connectivity index (χ2v) is 7.66. The maximum atomic E-state index is 13.0. The average Bonchev–Trinajstić information content (AvgIpc) is 2.70. The minimum absolute atomic E-state index is 0.137. The van der Waals surface area contributed by atoms with E-state index in [2.05, 4.69) is 5.32 Å². The van der Waals surface area contributed by atoms with Gasteiger partial charge in [-0.2, -0.15) is 0 Å². The maximum absolute atomic E-state index is 13.0. The molecule has 4 nitrogen and oxygen atoms in total. The quantitative estimate of drug-likeness (QED) is 0.656. The minimum atomic E-state index is -0.569. The molecular weight excluding hydrogens is 399 g/mol. The molecule has 2 rings (SSSR count). The normalized spacial score (nSPS) is 11.7. The molecule has 0 aliphatic carbocycles. The second-order valence-electron chi connectivity index (χ2n) is 6.27. The Morgan fingerprint density at radius 3 is 2.46 bits per heavy atom. The summed E-state index contributed by atoms with van der Waals surface area (Å²) in [4.78, 5) is 26.8. The van der Waals surface area contributed by atoms with Crippen LogP contribution in [0.25, 0.3) is 0 Å². The van der Waals surface area contributed by atoms with Crippen LogP contribution in [0.1, 0.15) is 24.5 Å². The summed E-state index contributed by atoms with van der Waals surface area (Å²) in [6.07, 6.45) is 0.499. The first-order valence-electron chi connectivity index (χ1n) is 9.03. The molecule has 0 unspecified atom stereocenters. The zero-order valence-corrected chi connectivity index (χ0v) is 17.5. The molecule has 0 fully saturated rings. The molecule has 0 spiro atoms. The highest BCUT2D eigenvalue weighted by molar-refractivity contribution is 7.99. The van der Waals surface area contributed by atoms with Crippen LogP contribution in [0.4, 0.5) is 4.39 Å². The Kier molecular flexibility index (Phi) is 8.80. The number of carbonyl (C=O) groups excluding carboxylic acids is 2. The molecule has 1 atom stereocenters. The Balaban J connectivity index is 2.10. The van der Waals surface area contributed by atoms with E-state index < -0.39 is 6.04 Å². The van der Waals surface area contributed by atoms with Gasteiger partial charge < -0.3 is 10.2 Å². The summed E-state index contributed by atoms with van der Waals surface area (Å²) in [6, 6.07) is 12.9. The third-order valence-electron chi connectivity index (χ3n) is 4.34. The van der Waals surface area contributed by atoms with Gasteiger partial charge >= 0.3 is 0 Å². The summed E-state index contributed by atoms with van der Waals surface area (Å²) < 4.78 is 13.0. The van der Waals surface area contributed by atoms with Crippen molar-refractivity contribution in [1.29, 1.82) is 0 Å². The first-order chi connectivity index (χ1) is 13.5. The van der Waals surface area contributed by atoms with Gasteiger partial charge in [-0.15, -0.1) is 11.8 Å². The van der Waals surface area contributed by atoms with Crippen LogP contribution in [0.3, 0.4) is 0 Å². The third-order valence-corrected chi connectivity index (χ3v) is 5.70. The molecule has 0 heterocycles. The van der Waals surface area contributed by atoms with Gasteiger partial charge in [0.25, 0.3) is 0 Å². The van der Waals surface area contributed by atoms with Gasteiger partial charge in [0.2, 0.25) is 11.8 Å². The number of hydrogen-bond donors (Lipinski definition) is 1. The summed E-state index contributed by atoms with van der Waals surface area (Å²) in [5.41, 5.74) is 1.73. The summed E-state index contributed by atoms with van der Waals surface area (Å²) in [6.45, 7) is 2.14. The highest BCUT2D eigenvalue weighted by Crippen LogP contribution is 2.21. The molecule has 28 heavy (non-hydrogen) atoms. The fourth-order valence-corrected chi connectivity index (χ4v) is 3.88. The van der Waals surface area contributed by atoms with Crippen molar-refractivity contribution >= 4 is 35.2 Å². The van der Waals surface area contributed by atoms with Gasteiger partial charge in [0, 0.05) is 24.4 Å². The summed E-state index contributed by atoms with van der Waals surface area (Å²) in [5.74, 6) is 0.180. The van der Waals surface area contributed by atoms with Crippen molar-refractivity contribution in [3.8, 4) is 0 Å². The minimum Gasteiger partial charge on any atom is -0.357 e. The molecule has 0 radical (unpaired) electrons. The predicted octanol–water partition coefficient (Wildman–Crippen LogP) is 4.27. The Morgan fingerprint density at radius 2 is 1.86 bits per heavy atom. The number of thioether (sulfide) groups is 1. The third kappa shape index (κ3) is 6.24. The number of nitrogens with one attached hydrogen (secondary N) is 1. The van der Waals surface area contributed by atoms with Crippen LogP contribution in [0.15, 0.2) is 48.5 Å². The molecule has 0 bridgehead atoms. The molecule has 150 valence electrons. The number of benzene rings is 2. The van der Waals surface area contributed by atoms with Gasteiger partial charge in [0.1, 0.15) is 11.9 Å². The number of carbonyl (C=O) groups is 2. The number of amides is 2. The number of rotatable bonds is 9. The molecule has 0 saturated heterocycles. The topological polar surface area (TPSA) is 49.4 Å². The van der Waals surface area contributed by atoms with E-state index in [1.54, 1.807) is 30.1 Å². The largest absolute Gasteiger partial charge is 0.357 e. The van der Waals surface area contributed by atoms with Crippen molar-refractivity contribution in [3.05, 3.63) is 70.5 Å². The van der Waals surface area contributed by atoms with Gasteiger partial charge in [0.15, 0.2) is 0 Å².